The van der Waals surface area contributed by atoms with Crippen LogP contribution >= 0.6 is 0 Å². The number of rotatable bonds is 7. The standard InChI is InChI=1S/C15H26N2O/c1-5-7-11-17(12(3)6-2)13-9-8-10-14(18-4)15(13)16/h8-10,12H,5-7,11,16H2,1-4H3. The fourth-order valence-electron chi connectivity index (χ4n) is 2.09. The second-order valence-corrected chi connectivity index (χ2v) is 4.70. The van der Waals surface area contributed by atoms with Crippen LogP contribution in [-0.2, 0) is 0 Å². The van der Waals surface area contributed by atoms with Gasteiger partial charge in [-0.3, -0.25) is 0 Å². The number of unbranched alkanes of at least 4 members (excludes halogenated alkanes) is 1. The zero-order chi connectivity index (χ0) is 13.5. The van der Waals surface area contributed by atoms with E-state index < -0.39 is 0 Å². The lowest BCUT2D eigenvalue weighted by Gasteiger charge is -2.32. The number of nitrogens with zero attached hydrogens (tertiary/aromatic N) is 1. The summed E-state index contributed by atoms with van der Waals surface area (Å²) >= 11 is 0. The minimum absolute atomic E-state index is 0.492. The van der Waals surface area contributed by atoms with Gasteiger partial charge in [0.1, 0.15) is 5.75 Å². The van der Waals surface area contributed by atoms with Crippen LogP contribution in [-0.4, -0.2) is 19.7 Å². The van der Waals surface area contributed by atoms with Crippen LogP contribution in [0.15, 0.2) is 18.2 Å². The molecule has 1 rings (SSSR count). The molecular formula is C15H26N2O. The summed E-state index contributed by atoms with van der Waals surface area (Å²) in [6.45, 7) is 7.71. The van der Waals surface area contributed by atoms with Gasteiger partial charge < -0.3 is 15.4 Å². The third-order valence-electron chi connectivity index (χ3n) is 3.45. The van der Waals surface area contributed by atoms with Crippen molar-refractivity contribution < 1.29 is 4.74 Å². The van der Waals surface area contributed by atoms with E-state index in [0.717, 1.165) is 30.1 Å². The molecule has 0 heterocycles. The molecule has 3 nitrogen and oxygen atoms in total. The van der Waals surface area contributed by atoms with Crippen molar-refractivity contribution in [2.24, 2.45) is 0 Å². The second-order valence-electron chi connectivity index (χ2n) is 4.70. The summed E-state index contributed by atoms with van der Waals surface area (Å²) in [5.74, 6) is 0.761. The minimum Gasteiger partial charge on any atom is -0.495 e. The summed E-state index contributed by atoms with van der Waals surface area (Å²) in [6, 6.07) is 6.49. The third-order valence-corrected chi connectivity index (χ3v) is 3.45. The molecule has 1 aromatic rings. The zero-order valence-corrected chi connectivity index (χ0v) is 12.1. The first kappa shape index (κ1) is 14.7. The Morgan fingerprint density at radius 3 is 2.61 bits per heavy atom. The van der Waals surface area contributed by atoms with Gasteiger partial charge in [0, 0.05) is 12.6 Å². The number of nitrogens with two attached hydrogens (primary N) is 1. The van der Waals surface area contributed by atoms with Gasteiger partial charge in [-0.15, -0.1) is 0 Å². The summed E-state index contributed by atoms with van der Waals surface area (Å²) in [6.07, 6.45) is 3.48. The van der Waals surface area contributed by atoms with E-state index in [9.17, 15) is 0 Å². The van der Waals surface area contributed by atoms with Crippen molar-refractivity contribution in [2.45, 2.75) is 46.1 Å². The van der Waals surface area contributed by atoms with E-state index >= 15 is 0 Å². The molecule has 1 unspecified atom stereocenters. The number of anilines is 2. The molecule has 0 aliphatic rings. The smallest absolute Gasteiger partial charge is 0.143 e. The Hall–Kier alpha value is -1.38. The van der Waals surface area contributed by atoms with E-state index in [-0.39, 0.29) is 0 Å². The first-order chi connectivity index (χ1) is 8.65. The van der Waals surface area contributed by atoms with Gasteiger partial charge in [-0.2, -0.15) is 0 Å². The molecule has 1 atom stereocenters. The Kier molecular flexibility index (Phi) is 5.83. The highest BCUT2D eigenvalue weighted by Gasteiger charge is 2.16. The molecule has 0 spiro atoms. The first-order valence-electron chi connectivity index (χ1n) is 6.84. The van der Waals surface area contributed by atoms with Gasteiger partial charge in [-0.25, -0.2) is 0 Å². The lowest BCUT2D eigenvalue weighted by atomic mass is 10.1. The van der Waals surface area contributed by atoms with Crippen LogP contribution < -0.4 is 15.4 Å². The van der Waals surface area contributed by atoms with Crippen molar-refractivity contribution in [3.05, 3.63) is 18.2 Å². The van der Waals surface area contributed by atoms with Crippen molar-refractivity contribution in [3.63, 3.8) is 0 Å². The van der Waals surface area contributed by atoms with Gasteiger partial charge >= 0.3 is 0 Å². The summed E-state index contributed by atoms with van der Waals surface area (Å²) in [5.41, 5.74) is 8.03. The molecule has 0 bridgehead atoms. The van der Waals surface area contributed by atoms with Crippen LogP contribution in [0.3, 0.4) is 0 Å². The SMILES string of the molecule is CCCCN(c1cccc(OC)c1N)C(C)CC. The molecule has 18 heavy (non-hydrogen) atoms. The van der Waals surface area contributed by atoms with E-state index in [1.54, 1.807) is 7.11 Å². The lowest BCUT2D eigenvalue weighted by molar-refractivity contribution is 0.417. The number of hydrogen-bond donors (Lipinski definition) is 1. The number of methoxy groups -OCH3 is 1. The highest BCUT2D eigenvalue weighted by Crippen LogP contribution is 2.33. The van der Waals surface area contributed by atoms with Crippen molar-refractivity contribution in [3.8, 4) is 5.75 Å². The Bertz CT molecular complexity index is 366. The molecule has 0 saturated carbocycles. The predicted octanol–water partition coefficient (Wildman–Crippen LogP) is 3.68. The van der Waals surface area contributed by atoms with Crippen LogP contribution in [0.2, 0.25) is 0 Å². The van der Waals surface area contributed by atoms with Gasteiger partial charge in [0.25, 0.3) is 0 Å². The maximum absolute atomic E-state index is 6.19. The zero-order valence-electron chi connectivity index (χ0n) is 12.1. The topological polar surface area (TPSA) is 38.5 Å². The molecule has 0 aliphatic heterocycles. The number of ether oxygens (including phenoxy) is 1. The van der Waals surface area contributed by atoms with Crippen LogP contribution in [0.5, 0.6) is 5.75 Å². The van der Waals surface area contributed by atoms with Gasteiger partial charge in [0.2, 0.25) is 0 Å². The minimum atomic E-state index is 0.492. The van der Waals surface area contributed by atoms with Gasteiger partial charge in [0.15, 0.2) is 0 Å². The monoisotopic (exact) mass is 250 g/mol. The Morgan fingerprint density at radius 2 is 2.06 bits per heavy atom. The van der Waals surface area contributed by atoms with Crippen molar-refractivity contribution >= 4 is 11.4 Å². The average Bonchev–Trinajstić information content (AvgIpc) is 2.40. The number of benzene rings is 1. The van der Waals surface area contributed by atoms with Crippen LogP contribution in [0.1, 0.15) is 40.0 Å². The maximum Gasteiger partial charge on any atom is 0.143 e. The van der Waals surface area contributed by atoms with Crippen molar-refractivity contribution in [1.29, 1.82) is 0 Å². The predicted molar refractivity (Wildman–Crippen MR) is 79.4 cm³/mol. The molecule has 1 aromatic carbocycles. The Morgan fingerprint density at radius 1 is 1.33 bits per heavy atom. The number of nitrogen functional groups attached to an aromatic ring is 1. The summed E-state index contributed by atoms with van der Waals surface area (Å²) in [5, 5.41) is 0. The Balaban J connectivity index is 3.04. The molecular weight excluding hydrogens is 224 g/mol. The largest absolute Gasteiger partial charge is 0.495 e. The first-order valence-corrected chi connectivity index (χ1v) is 6.84. The summed E-state index contributed by atoms with van der Waals surface area (Å²) in [4.78, 5) is 2.39. The number of hydrogen-bond acceptors (Lipinski definition) is 3. The fraction of sp³-hybridized carbons (Fsp3) is 0.600. The van der Waals surface area contributed by atoms with Crippen LogP contribution in [0, 0.1) is 0 Å². The van der Waals surface area contributed by atoms with E-state index in [4.69, 9.17) is 10.5 Å². The molecule has 3 heteroatoms. The van der Waals surface area contributed by atoms with Gasteiger partial charge in [-0.05, 0) is 31.9 Å². The molecule has 2 N–H and O–H groups in total. The lowest BCUT2D eigenvalue weighted by Crippen LogP contribution is -2.34. The van der Waals surface area contributed by atoms with Crippen molar-refractivity contribution in [2.75, 3.05) is 24.3 Å². The van der Waals surface area contributed by atoms with E-state index in [1.165, 1.54) is 12.8 Å². The molecule has 0 radical (unpaired) electrons. The van der Waals surface area contributed by atoms with Gasteiger partial charge in [-0.1, -0.05) is 26.3 Å². The van der Waals surface area contributed by atoms with Gasteiger partial charge in [0.05, 0.1) is 18.5 Å². The summed E-state index contributed by atoms with van der Waals surface area (Å²) < 4.78 is 5.30. The van der Waals surface area contributed by atoms with Crippen molar-refractivity contribution in [1.82, 2.24) is 0 Å². The number of para-hydroxylation sites is 1. The highest BCUT2D eigenvalue weighted by atomic mass is 16.5. The normalized spacial score (nSPS) is 12.2. The quantitative estimate of drug-likeness (QED) is 0.750. The van der Waals surface area contributed by atoms with Crippen LogP contribution in [0.25, 0.3) is 0 Å². The van der Waals surface area contributed by atoms with Crippen LogP contribution in [0.4, 0.5) is 11.4 Å². The average molecular weight is 250 g/mol. The highest BCUT2D eigenvalue weighted by molar-refractivity contribution is 5.74. The molecule has 0 amide bonds. The molecule has 0 fully saturated rings. The fourth-order valence-corrected chi connectivity index (χ4v) is 2.09. The van der Waals surface area contributed by atoms with E-state index in [2.05, 4.69) is 31.7 Å². The molecule has 0 aromatic heterocycles. The molecule has 102 valence electrons. The second kappa shape index (κ2) is 7.14. The third kappa shape index (κ3) is 3.31. The van der Waals surface area contributed by atoms with E-state index in [1.807, 2.05) is 12.1 Å². The molecule has 0 aliphatic carbocycles. The molecule has 0 saturated heterocycles. The maximum atomic E-state index is 6.19. The Labute approximate surface area is 111 Å². The van der Waals surface area contributed by atoms with E-state index in [0.29, 0.717) is 6.04 Å². The summed E-state index contributed by atoms with van der Waals surface area (Å²) in [7, 11) is 1.66.